The lowest BCUT2D eigenvalue weighted by Gasteiger charge is -2.11. The molecule has 0 saturated carbocycles. The largest absolute Gasteiger partial charge is 0.496 e. The molecular formula is C23H34N2O4. The normalized spacial score (nSPS) is 15.8. The zero-order valence-corrected chi connectivity index (χ0v) is 17.6. The van der Waals surface area contributed by atoms with Crippen molar-refractivity contribution in [3.8, 4) is 11.5 Å². The summed E-state index contributed by atoms with van der Waals surface area (Å²) in [5, 5.41) is 6.32. The third-order valence-electron chi connectivity index (χ3n) is 4.46. The van der Waals surface area contributed by atoms with E-state index in [0.29, 0.717) is 0 Å². The second-order valence-electron chi connectivity index (χ2n) is 6.53. The van der Waals surface area contributed by atoms with Crippen LogP contribution in [-0.2, 0) is 15.9 Å². The summed E-state index contributed by atoms with van der Waals surface area (Å²) in [6, 6.07) is 16.1. The third-order valence-corrected chi connectivity index (χ3v) is 4.46. The second kappa shape index (κ2) is 14.8. The molecule has 0 bridgehead atoms. The number of para-hydroxylation sites is 2. The minimum absolute atomic E-state index is 0.814. The van der Waals surface area contributed by atoms with Crippen molar-refractivity contribution in [1.29, 1.82) is 0 Å². The molecule has 2 aromatic rings. The first kappa shape index (κ1) is 23.2. The van der Waals surface area contributed by atoms with E-state index in [0.717, 1.165) is 70.5 Å². The summed E-state index contributed by atoms with van der Waals surface area (Å²) in [5.74, 6) is 1.83. The molecule has 6 heteroatoms. The Bertz CT molecular complexity index is 593. The molecule has 29 heavy (non-hydrogen) atoms. The lowest BCUT2D eigenvalue weighted by atomic mass is 10.0. The smallest absolute Gasteiger partial charge is 0.122 e. The molecule has 0 radical (unpaired) electrons. The van der Waals surface area contributed by atoms with Crippen LogP contribution >= 0.6 is 0 Å². The molecule has 0 aromatic heterocycles. The maximum atomic E-state index is 5.35. The highest BCUT2D eigenvalue weighted by Gasteiger charge is 2.06. The van der Waals surface area contributed by atoms with E-state index >= 15 is 0 Å². The summed E-state index contributed by atoms with van der Waals surface area (Å²) in [5.41, 5.74) is 2.33. The zero-order chi connectivity index (χ0) is 20.6. The van der Waals surface area contributed by atoms with Gasteiger partial charge in [-0.3, -0.25) is 0 Å². The first-order valence-corrected chi connectivity index (χ1v) is 10.2. The van der Waals surface area contributed by atoms with Crippen LogP contribution in [0.4, 0.5) is 0 Å². The van der Waals surface area contributed by atoms with Gasteiger partial charge in [0.25, 0.3) is 0 Å². The Morgan fingerprint density at radius 2 is 1.03 bits per heavy atom. The van der Waals surface area contributed by atoms with Gasteiger partial charge in [-0.05, 0) is 23.3 Å². The molecule has 2 aliphatic rings. The molecule has 0 atom stereocenters. The predicted molar refractivity (Wildman–Crippen MR) is 116 cm³/mol. The Labute approximate surface area is 174 Å². The molecule has 0 spiro atoms. The van der Waals surface area contributed by atoms with Crippen LogP contribution in [0.15, 0.2) is 48.5 Å². The number of hydrogen-bond donors (Lipinski definition) is 2. The predicted octanol–water partition coefficient (Wildman–Crippen LogP) is 2.51. The van der Waals surface area contributed by atoms with E-state index in [1.54, 1.807) is 14.2 Å². The highest BCUT2D eigenvalue weighted by atomic mass is 16.5. The first-order valence-electron chi connectivity index (χ1n) is 10.2. The monoisotopic (exact) mass is 402 g/mol. The van der Waals surface area contributed by atoms with E-state index in [9.17, 15) is 0 Å². The van der Waals surface area contributed by atoms with Gasteiger partial charge in [-0.15, -0.1) is 0 Å². The van der Waals surface area contributed by atoms with Crippen LogP contribution in [0, 0.1) is 0 Å². The van der Waals surface area contributed by atoms with Crippen molar-refractivity contribution in [1.82, 2.24) is 10.6 Å². The average molecular weight is 403 g/mol. The summed E-state index contributed by atoms with van der Waals surface area (Å²) in [6.07, 6.45) is 0.814. The van der Waals surface area contributed by atoms with Gasteiger partial charge in [-0.2, -0.15) is 0 Å². The Balaban J connectivity index is 0.000000202. The number of morpholine rings is 2. The van der Waals surface area contributed by atoms with Crippen molar-refractivity contribution in [2.45, 2.75) is 6.42 Å². The lowest BCUT2D eigenvalue weighted by Crippen LogP contribution is -2.30. The molecule has 2 N–H and O–H groups in total. The van der Waals surface area contributed by atoms with Crippen molar-refractivity contribution in [2.75, 3.05) is 66.8 Å². The van der Waals surface area contributed by atoms with Crippen LogP contribution in [0.3, 0.4) is 0 Å². The first-order chi connectivity index (χ1) is 14.3. The van der Waals surface area contributed by atoms with Crippen molar-refractivity contribution in [2.24, 2.45) is 0 Å². The summed E-state index contributed by atoms with van der Waals surface area (Å²) in [4.78, 5) is 0. The fourth-order valence-corrected chi connectivity index (χ4v) is 2.93. The van der Waals surface area contributed by atoms with E-state index in [1.807, 2.05) is 36.4 Å². The van der Waals surface area contributed by atoms with E-state index in [1.165, 1.54) is 11.1 Å². The average Bonchev–Trinajstić information content (AvgIpc) is 2.83. The van der Waals surface area contributed by atoms with Gasteiger partial charge >= 0.3 is 0 Å². The molecule has 0 aliphatic carbocycles. The highest BCUT2D eigenvalue weighted by Crippen LogP contribution is 2.25. The molecule has 6 nitrogen and oxygen atoms in total. The van der Waals surface area contributed by atoms with Gasteiger partial charge in [-0.1, -0.05) is 36.4 Å². The number of ether oxygens (including phenoxy) is 4. The van der Waals surface area contributed by atoms with Crippen molar-refractivity contribution >= 4 is 0 Å². The Hall–Kier alpha value is -2.12. The molecular weight excluding hydrogens is 368 g/mol. The molecule has 0 unspecified atom stereocenters. The van der Waals surface area contributed by atoms with Gasteiger partial charge < -0.3 is 29.6 Å². The van der Waals surface area contributed by atoms with E-state index < -0.39 is 0 Å². The summed E-state index contributed by atoms with van der Waals surface area (Å²) >= 11 is 0. The van der Waals surface area contributed by atoms with E-state index in [2.05, 4.69) is 22.8 Å². The number of nitrogens with one attached hydrogen (secondary N) is 2. The molecule has 0 amide bonds. The molecule has 4 rings (SSSR count). The number of hydrogen-bond acceptors (Lipinski definition) is 6. The third kappa shape index (κ3) is 9.28. The van der Waals surface area contributed by atoms with Gasteiger partial charge in [0.15, 0.2) is 0 Å². The van der Waals surface area contributed by atoms with Crippen LogP contribution in [-0.4, -0.2) is 66.8 Å². The number of methoxy groups -OCH3 is 2. The molecule has 2 saturated heterocycles. The SMILES string of the molecule is C1COCCN1.C1COCCN1.COc1ccccc1Cc1ccccc1OC. The molecule has 2 aromatic carbocycles. The van der Waals surface area contributed by atoms with Crippen molar-refractivity contribution < 1.29 is 18.9 Å². The zero-order valence-electron chi connectivity index (χ0n) is 17.6. The summed E-state index contributed by atoms with van der Waals surface area (Å²) in [7, 11) is 3.39. The lowest BCUT2D eigenvalue weighted by molar-refractivity contribution is 0.109. The van der Waals surface area contributed by atoms with Crippen molar-refractivity contribution in [3.63, 3.8) is 0 Å². The van der Waals surface area contributed by atoms with Crippen LogP contribution < -0.4 is 20.1 Å². The number of benzene rings is 2. The van der Waals surface area contributed by atoms with E-state index in [-0.39, 0.29) is 0 Å². The fourth-order valence-electron chi connectivity index (χ4n) is 2.93. The summed E-state index contributed by atoms with van der Waals surface area (Å²) in [6.45, 7) is 7.67. The number of rotatable bonds is 4. The maximum Gasteiger partial charge on any atom is 0.122 e. The van der Waals surface area contributed by atoms with Gasteiger partial charge in [0.2, 0.25) is 0 Å². The Kier molecular flexibility index (Phi) is 11.8. The minimum atomic E-state index is 0.814. The van der Waals surface area contributed by atoms with Crippen LogP contribution in [0.2, 0.25) is 0 Å². The standard InChI is InChI=1S/C15H16O2.2C4H9NO/c1-16-14-9-5-3-7-12(14)11-13-8-4-6-10-15(13)17-2;2*1-3-6-4-2-5-1/h3-10H,11H2,1-2H3;2*5H,1-4H2. The van der Waals surface area contributed by atoms with Gasteiger partial charge in [0, 0.05) is 32.6 Å². The fraction of sp³-hybridized carbons (Fsp3) is 0.478. The molecule has 160 valence electrons. The second-order valence-corrected chi connectivity index (χ2v) is 6.53. The summed E-state index contributed by atoms with van der Waals surface area (Å²) < 4.78 is 20.7. The minimum Gasteiger partial charge on any atom is -0.496 e. The van der Waals surface area contributed by atoms with Gasteiger partial charge in [-0.25, -0.2) is 0 Å². The van der Waals surface area contributed by atoms with Crippen molar-refractivity contribution in [3.05, 3.63) is 59.7 Å². The maximum absolute atomic E-state index is 5.35. The topological polar surface area (TPSA) is 61.0 Å². The Morgan fingerprint density at radius 3 is 1.31 bits per heavy atom. The van der Waals surface area contributed by atoms with Gasteiger partial charge in [0.1, 0.15) is 11.5 Å². The molecule has 2 heterocycles. The Morgan fingerprint density at radius 1 is 0.655 bits per heavy atom. The van der Waals surface area contributed by atoms with Crippen LogP contribution in [0.25, 0.3) is 0 Å². The van der Waals surface area contributed by atoms with Crippen LogP contribution in [0.5, 0.6) is 11.5 Å². The molecule has 2 aliphatic heterocycles. The van der Waals surface area contributed by atoms with Crippen LogP contribution in [0.1, 0.15) is 11.1 Å². The highest BCUT2D eigenvalue weighted by molar-refractivity contribution is 5.42. The van der Waals surface area contributed by atoms with Gasteiger partial charge in [0.05, 0.1) is 40.6 Å². The van der Waals surface area contributed by atoms with E-state index in [4.69, 9.17) is 18.9 Å². The molecule has 2 fully saturated rings. The quantitative estimate of drug-likeness (QED) is 0.820.